The van der Waals surface area contributed by atoms with Crippen molar-refractivity contribution in [2.45, 2.75) is 66.8 Å². The molecule has 1 unspecified atom stereocenters. The van der Waals surface area contributed by atoms with Gasteiger partial charge in [-0.05, 0) is 37.1 Å². The van der Waals surface area contributed by atoms with E-state index in [1.807, 2.05) is 0 Å². The Kier molecular flexibility index (Phi) is 6.43. The van der Waals surface area contributed by atoms with Gasteiger partial charge in [-0.15, -0.1) is 0 Å². The Morgan fingerprint density at radius 2 is 1.64 bits per heavy atom. The van der Waals surface area contributed by atoms with Crippen molar-refractivity contribution in [3.05, 3.63) is 0 Å². The van der Waals surface area contributed by atoms with Gasteiger partial charge in [-0.1, -0.05) is 41.5 Å². The van der Waals surface area contributed by atoms with Gasteiger partial charge in [0.1, 0.15) is 0 Å². The zero-order valence-corrected chi connectivity index (χ0v) is 11.0. The van der Waals surface area contributed by atoms with Crippen molar-refractivity contribution >= 4 is 0 Å². The third kappa shape index (κ3) is 6.42. The first-order valence-corrected chi connectivity index (χ1v) is 6.11. The topological polar surface area (TPSA) is 12.0 Å². The van der Waals surface area contributed by atoms with Crippen molar-refractivity contribution in [2.75, 3.05) is 6.54 Å². The van der Waals surface area contributed by atoms with E-state index in [1.54, 1.807) is 0 Å². The first-order valence-electron chi connectivity index (χ1n) is 6.11. The van der Waals surface area contributed by atoms with Gasteiger partial charge < -0.3 is 5.32 Å². The molecule has 0 spiro atoms. The van der Waals surface area contributed by atoms with Gasteiger partial charge in [0, 0.05) is 6.04 Å². The van der Waals surface area contributed by atoms with Gasteiger partial charge in [-0.2, -0.15) is 0 Å². The van der Waals surface area contributed by atoms with E-state index in [0.29, 0.717) is 11.5 Å². The Morgan fingerprint density at radius 3 is 2.00 bits per heavy atom. The Balaban J connectivity index is 3.98. The third-order valence-electron chi connectivity index (χ3n) is 2.72. The Bertz CT molecular complexity index is 133. The van der Waals surface area contributed by atoms with E-state index in [2.05, 4.69) is 46.9 Å². The summed E-state index contributed by atoms with van der Waals surface area (Å²) in [5, 5.41) is 3.66. The molecule has 86 valence electrons. The fraction of sp³-hybridized carbons (Fsp3) is 1.00. The van der Waals surface area contributed by atoms with Crippen LogP contribution in [0.5, 0.6) is 0 Å². The summed E-state index contributed by atoms with van der Waals surface area (Å²) in [5.41, 5.74) is 0.393. The molecule has 0 aliphatic rings. The molecule has 1 heteroatoms. The summed E-state index contributed by atoms with van der Waals surface area (Å²) in [5.74, 6) is 0.822. The van der Waals surface area contributed by atoms with Gasteiger partial charge in [0.05, 0.1) is 0 Å². The van der Waals surface area contributed by atoms with Crippen molar-refractivity contribution < 1.29 is 0 Å². The highest BCUT2D eigenvalue weighted by atomic mass is 14.9. The monoisotopic (exact) mass is 199 g/mol. The lowest BCUT2D eigenvalue weighted by molar-refractivity contribution is 0.243. The van der Waals surface area contributed by atoms with Crippen LogP contribution in [0.2, 0.25) is 0 Å². The molecule has 0 bridgehead atoms. The van der Waals surface area contributed by atoms with E-state index < -0.39 is 0 Å². The normalized spacial score (nSPS) is 14.8. The second-order valence-electron chi connectivity index (χ2n) is 5.84. The van der Waals surface area contributed by atoms with Crippen LogP contribution in [0.25, 0.3) is 0 Å². The van der Waals surface area contributed by atoms with Crippen LogP contribution in [0.3, 0.4) is 0 Å². The predicted molar refractivity (Wildman–Crippen MR) is 65.6 cm³/mol. The number of nitrogens with one attached hydrogen (secondary N) is 1. The minimum atomic E-state index is 0.393. The number of rotatable bonds is 6. The maximum absolute atomic E-state index is 3.66. The van der Waals surface area contributed by atoms with Crippen molar-refractivity contribution in [3.8, 4) is 0 Å². The minimum Gasteiger partial charge on any atom is -0.313 e. The van der Waals surface area contributed by atoms with Crippen LogP contribution >= 0.6 is 0 Å². The first kappa shape index (κ1) is 14.0. The zero-order valence-electron chi connectivity index (χ0n) is 11.0. The summed E-state index contributed by atoms with van der Waals surface area (Å²) in [6.07, 6.45) is 3.87. The molecule has 0 aromatic carbocycles. The summed E-state index contributed by atoms with van der Waals surface area (Å²) in [6, 6.07) is 0.671. The molecule has 0 aromatic heterocycles. The van der Waals surface area contributed by atoms with Crippen molar-refractivity contribution in [1.82, 2.24) is 5.32 Å². The van der Waals surface area contributed by atoms with Crippen LogP contribution in [0.15, 0.2) is 0 Å². The largest absolute Gasteiger partial charge is 0.313 e. The summed E-state index contributed by atoms with van der Waals surface area (Å²) in [6.45, 7) is 15.0. The van der Waals surface area contributed by atoms with E-state index in [1.165, 1.54) is 19.3 Å². The van der Waals surface area contributed by atoms with Crippen molar-refractivity contribution in [2.24, 2.45) is 11.3 Å². The van der Waals surface area contributed by atoms with Crippen LogP contribution in [-0.2, 0) is 0 Å². The Labute approximate surface area is 90.7 Å². The molecule has 1 nitrogen and oxygen atoms in total. The first-order chi connectivity index (χ1) is 6.38. The average Bonchev–Trinajstić information content (AvgIpc) is 2.01. The van der Waals surface area contributed by atoms with Gasteiger partial charge in [-0.25, -0.2) is 0 Å². The molecule has 0 saturated heterocycles. The second kappa shape index (κ2) is 6.44. The molecule has 1 N–H and O–H groups in total. The van der Waals surface area contributed by atoms with Gasteiger partial charge in [-0.3, -0.25) is 0 Å². The van der Waals surface area contributed by atoms with E-state index in [9.17, 15) is 0 Å². The third-order valence-corrected chi connectivity index (χ3v) is 2.72. The number of hydrogen-bond acceptors (Lipinski definition) is 1. The van der Waals surface area contributed by atoms with Gasteiger partial charge in [0.25, 0.3) is 0 Å². The molecule has 0 rings (SSSR count). The van der Waals surface area contributed by atoms with E-state index >= 15 is 0 Å². The van der Waals surface area contributed by atoms with Crippen molar-refractivity contribution in [1.29, 1.82) is 0 Å². The van der Waals surface area contributed by atoms with Crippen LogP contribution in [0, 0.1) is 11.3 Å². The smallest absolute Gasteiger partial charge is 0.0116 e. The highest BCUT2D eigenvalue weighted by Gasteiger charge is 2.23. The average molecular weight is 199 g/mol. The molecule has 0 saturated carbocycles. The summed E-state index contributed by atoms with van der Waals surface area (Å²) >= 11 is 0. The van der Waals surface area contributed by atoms with Crippen LogP contribution in [0.1, 0.15) is 60.8 Å². The molecule has 0 aromatic rings. The summed E-state index contributed by atoms with van der Waals surface area (Å²) < 4.78 is 0. The minimum absolute atomic E-state index is 0.393. The number of hydrogen-bond donors (Lipinski definition) is 1. The highest BCUT2D eigenvalue weighted by molar-refractivity contribution is 4.80. The molecule has 1 atom stereocenters. The lowest BCUT2D eigenvalue weighted by Gasteiger charge is -2.32. The molecular formula is C13H29N. The predicted octanol–water partition coefficient (Wildman–Crippen LogP) is 3.84. The maximum Gasteiger partial charge on any atom is 0.0116 e. The van der Waals surface area contributed by atoms with Crippen LogP contribution in [0.4, 0.5) is 0 Å². The summed E-state index contributed by atoms with van der Waals surface area (Å²) in [7, 11) is 0. The molecule has 0 fully saturated rings. The van der Waals surface area contributed by atoms with Crippen LogP contribution in [-0.4, -0.2) is 12.6 Å². The van der Waals surface area contributed by atoms with Gasteiger partial charge >= 0.3 is 0 Å². The quantitative estimate of drug-likeness (QED) is 0.685. The Hall–Kier alpha value is -0.0400. The molecule has 0 radical (unpaired) electrons. The van der Waals surface area contributed by atoms with Crippen LogP contribution < -0.4 is 5.32 Å². The molecule has 0 amide bonds. The summed E-state index contributed by atoms with van der Waals surface area (Å²) in [4.78, 5) is 0. The molecule has 0 aliphatic heterocycles. The SMILES string of the molecule is CCCNC(CCC(C)C)C(C)(C)C. The molecule has 0 aliphatic carbocycles. The maximum atomic E-state index is 3.66. The standard InChI is InChI=1S/C13H29N/c1-7-10-14-12(13(4,5)6)9-8-11(2)3/h11-12,14H,7-10H2,1-6H3. The fourth-order valence-electron chi connectivity index (χ4n) is 1.66. The lowest BCUT2D eigenvalue weighted by atomic mass is 9.83. The van der Waals surface area contributed by atoms with E-state index in [0.717, 1.165) is 12.5 Å². The molecule has 14 heavy (non-hydrogen) atoms. The Morgan fingerprint density at radius 1 is 1.07 bits per heavy atom. The molecule has 0 heterocycles. The zero-order chi connectivity index (χ0) is 11.2. The lowest BCUT2D eigenvalue weighted by Crippen LogP contribution is -2.40. The van der Waals surface area contributed by atoms with E-state index in [-0.39, 0.29) is 0 Å². The van der Waals surface area contributed by atoms with Gasteiger partial charge in [0.2, 0.25) is 0 Å². The van der Waals surface area contributed by atoms with E-state index in [4.69, 9.17) is 0 Å². The van der Waals surface area contributed by atoms with Crippen molar-refractivity contribution in [3.63, 3.8) is 0 Å². The fourth-order valence-corrected chi connectivity index (χ4v) is 1.66. The van der Waals surface area contributed by atoms with Gasteiger partial charge in [0.15, 0.2) is 0 Å². The molecular weight excluding hydrogens is 170 g/mol. The second-order valence-corrected chi connectivity index (χ2v) is 5.84. The highest BCUT2D eigenvalue weighted by Crippen LogP contribution is 2.24.